The summed E-state index contributed by atoms with van der Waals surface area (Å²) in [5, 5.41) is 5.63. The van der Waals surface area contributed by atoms with E-state index in [9.17, 15) is 9.59 Å². The van der Waals surface area contributed by atoms with Crippen LogP contribution in [0.4, 0.5) is 0 Å². The van der Waals surface area contributed by atoms with Crippen LogP contribution in [0.1, 0.15) is 22.9 Å². The van der Waals surface area contributed by atoms with E-state index in [4.69, 9.17) is 0 Å². The van der Waals surface area contributed by atoms with Crippen molar-refractivity contribution < 1.29 is 4.79 Å². The fraction of sp³-hybridized carbons (Fsp3) is 0.136. The Labute approximate surface area is 180 Å². The van der Waals surface area contributed by atoms with Crippen LogP contribution in [0.3, 0.4) is 0 Å². The number of aromatic nitrogens is 2. The standard InChI is InChI=1S/C22H18BrN3O2S/c23-16-8-9-18-17(13-16)22(28)26(14-24-18)11-10-20(27)25-21(19-7-4-12-29-19)15-5-2-1-3-6-15/h1-9,12-14,21H,10-11H2,(H,25,27)/t21-/m0/s1. The van der Waals surface area contributed by atoms with Gasteiger partial charge in [0.05, 0.1) is 23.3 Å². The Hall–Kier alpha value is -2.77. The van der Waals surface area contributed by atoms with Crippen LogP contribution in [0.15, 0.2) is 81.6 Å². The molecule has 0 saturated heterocycles. The third-order valence-corrected chi connectivity index (χ3v) is 6.06. The maximum absolute atomic E-state index is 12.7. The summed E-state index contributed by atoms with van der Waals surface area (Å²) in [5.41, 5.74) is 1.51. The lowest BCUT2D eigenvalue weighted by Gasteiger charge is -2.18. The van der Waals surface area contributed by atoms with Crippen molar-refractivity contribution in [2.45, 2.75) is 19.0 Å². The number of benzene rings is 2. The largest absolute Gasteiger partial charge is 0.344 e. The first kappa shape index (κ1) is 19.5. The molecule has 1 atom stereocenters. The summed E-state index contributed by atoms with van der Waals surface area (Å²) in [6.45, 7) is 0.270. The maximum Gasteiger partial charge on any atom is 0.261 e. The molecule has 0 aliphatic carbocycles. The van der Waals surface area contributed by atoms with Gasteiger partial charge in [-0.15, -0.1) is 11.3 Å². The molecule has 0 spiro atoms. The molecule has 146 valence electrons. The number of nitrogens with zero attached hydrogens (tertiary/aromatic N) is 2. The van der Waals surface area contributed by atoms with Gasteiger partial charge >= 0.3 is 0 Å². The van der Waals surface area contributed by atoms with E-state index in [1.807, 2.05) is 53.9 Å². The highest BCUT2D eigenvalue weighted by molar-refractivity contribution is 9.10. The van der Waals surface area contributed by atoms with Crippen LogP contribution in [-0.2, 0) is 11.3 Å². The number of nitrogens with one attached hydrogen (secondary N) is 1. The van der Waals surface area contributed by atoms with Gasteiger partial charge in [-0.05, 0) is 35.2 Å². The fourth-order valence-electron chi connectivity index (χ4n) is 3.17. The van der Waals surface area contributed by atoms with E-state index in [0.717, 1.165) is 14.9 Å². The molecule has 2 heterocycles. The first-order valence-electron chi connectivity index (χ1n) is 9.14. The Morgan fingerprint density at radius 3 is 2.72 bits per heavy atom. The molecule has 5 nitrogen and oxygen atoms in total. The smallest absolute Gasteiger partial charge is 0.261 e. The summed E-state index contributed by atoms with van der Waals surface area (Å²) in [6, 6.07) is 19.0. The zero-order chi connectivity index (χ0) is 20.2. The van der Waals surface area contributed by atoms with E-state index in [2.05, 4.69) is 26.2 Å². The van der Waals surface area contributed by atoms with Gasteiger partial charge in [0.25, 0.3) is 5.56 Å². The zero-order valence-electron chi connectivity index (χ0n) is 15.4. The van der Waals surface area contributed by atoms with Gasteiger partial charge in [-0.1, -0.05) is 52.3 Å². The normalized spacial score (nSPS) is 12.0. The summed E-state index contributed by atoms with van der Waals surface area (Å²) in [5.74, 6) is -0.117. The molecule has 0 radical (unpaired) electrons. The van der Waals surface area contributed by atoms with E-state index in [1.165, 1.54) is 10.9 Å². The summed E-state index contributed by atoms with van der Waals surface area (Å²) >= 11 is 4.99. The minimum absolute atomic E-state index is 0.117. The lowest BCUT2D eigenvalue weighted by atomic mass is 10.1. The van der Waals surface area contributed by atoms with Crippen molar-refractivity contribution in [1.82, 2.24) is 14.9 Å². The number of halogens is 1. The second-order valence-electron chi connectivity index (χ2n) is 6.58. The third kappa shape index (κ3) is 4.46. The van der Waals surface area contributed by atoms with E-state index in [1.54, 1.807) is 23.5 Å². The summed E-state index contributed by atoms with van der Waals surface area (Å²) in [7, 11) is 0. The van der Waals surface area contributed by atoms with Gasteiger partial charge < -0.3 is 5.32 Å². The number of thiophene rings is 1. The maximum atomic E-state index is 12.7. The van der Waals surface area contributed by atoms with Crippen LogP contribution in [0.5, 0.6) is 0 Å². The van der Waals surface area contributed by atoms with Gasteiger partial charge in [0, 0.05) is 22.3 Å². The van der Waals surface area contributed by atoms with Crippen LogP contribution in [0, 0.1) is 0 Å². The van der Waals surface area contributed by atoms with Gasteiger partial charge in [0.15, 0.2) is 0 Å². The van der Waals surface area contributed by atoms with Crippen molar-refractivity contribution >= 4 is 44.1 Å². The molecule has 0 saturated carbocycles. The van der Waals surface area contributed by atoms with E-state index < -0.39 is 0 Å². The number of carbonyl (C=O) groups excluding carboxylic acids is 1. The Bertz CT molecular complexity index is 1190. The predicted octanol–water partition coefficient (Wildman–Crippen LogP) is 4.52. The molecule has 0 aliphatic rings. The Morgan fingerprint density at radius 1 is 1.14 bits per heavy atom. The van der Waals surface area contributed by atoms with Crippen LogP contribution in [-0.4, -0.2) is 15.5 Å². The summed E-state index contributed by atoms with van der Waals surface area (Å²) in [6.07, 6.45) is 1.69. The Kier molecular flexibility index (Phi) is 5.87. The molecular weight excluding hydrogens is 450 g/mol. The molecule has 2 aromatic carbocycles. The molecule has 7 heteroatoms. The number of carbonyl (C=O) groups is 1. The number of hydrogen-bond donors (Lipinski definition) is 1. The molecule has 2 aromatic heterocycles. The number of rotatable bonds is 6. The fourth-order valence-corrected chi connectivity index (χ4v) is 4.33. The van der Waals surface area contributed by atoms with Crippen molar-refractivity contribution in [3.05, 3.63) is 97.6 Å². The van der Waals surface area contributed by atoms with Gasteiger partial charge in [0.1, 0.15) is 0 Å². The molecular formula is C22H18BrN3O2S. The number of fused-ring (bicyclic) bond motifs is 1. The molecule has 29 heavy (non-hydrogen) atoms. The lowest BCUT2D eigenvalue weighted by molar-refractivity contribution is -0.121. The van der Waals surface area contributed by atoms with E-state index >= 15 is 0 Å². The average molecular weight is 468 g/mol. The van der Waals surface area contributed by atoms with E-state index in [0.29, 0.717) is 10.9 Å². The first-order valence-corrected chi connectivity index (χ1v) is 10.8. The van der Waals surface area contributed by atoms with Gasteiger partial charge in [-0.3, -0.25) is 14.2 Å². The number of hydrogen-bond acceptors (Lipinski definition) is 4. The molecule has 1 amide bonds. The van der Waals surface area contributed by atoms with Crippen LogP contribution >= 0.6 is 27.3 Å². The molecule has 0 unspecified atom stereocenters. The summed E-state index contributed by atoms with van der Waals surface area (Å²) in [4.78, 5) is 30.8. The predicted molar refractivity (Wildman–Crippen MR) is 119 cm³/mol. The molecule has 4 rings (SSSR count). The van der Waals surface area contributed by atoms with Gasteiger partial charge in [0.2, 0.25) is 5.91 Å². The van der Waals surface area contributed by atoms with Gasteiger partial charge in [-0.2, -0.15) is 0 Å². The highest BCUT2D eigenvalue weighted by Gasteiger charge is 2.17. The van der Waals surface area contributed by atoms with Gasteiger partial charge in [-0.25, -0.2) is 4.98 Å². The molecule has 0 bridgehead atoms. The quantitative estimate of drug-likeness (QED) is 0.453. The molecule has 1 N–H and O–H groups in total. The lowest BCUT2D eigenvalue weighted by Crippen LogP contribution is -2.31. The highest BCUT2D eigenvalue weighted by Crippen LogP contribution is 2.26. The molecule has 4 aromatic rings. The second kappa shape index (κ2) is 8.71. The van der Waals surface area contributed by atoms with E-state index in [-0.39, 0.29) is 30.5 Å². The minimum atomic E-state index is -0.203. The third-order valence-electron chi connectivity index (χ3n) is 4.63. The zero-order valence-corrected chi connectivity index (χ0v) is 17.8. The van der Waals surface area contributed by atoms with Crippen molar-refractivity contribution in [3.63, 3.8) is 0 Å². The minimum Gasteiger partial charge on any atom is -0.344 e. The van der Waals surface area contributed by atoms with Crippen molar-refractivity contribution in [3.8, 4) is 0 Å². The average Bonchev–Trinajstić information content (AvgIpc) is 3.27. The van der Waals surface area contributed by atoms with Crippen LogP contribution in [0.25, 0.3) is 10.9 Å². The van der Waals surface area contributed by atoms with Crippen LogP contribution < -0.4 is 10.9 Å². The number of aryl methyl sites for hydroxylation is 1. The van der Waals surface area contributed by atoms with Crippen molar-refractivity contribution in [2.75, 3.05) is 0 Å². The summed E-state index contributed by atoms with van der Waals surface area (Å²) < 4.78 is 2.30. The topological polar surface area (TPSA) is 64.0 Å². The second-order valence-corrected chi connectivity index (χ2v) is 8.48. The number of amides is 1. The monoisotopic (exact) mass is 467 g/mol. The van der Waals surface area contributed by atoms with Crippen molar-refractivity contribution in [1.29, 1.82) is 0 Å². The Balaban J connectivity index is 1.50. The van der Waals surface area contributed by atoms with Crippen LogP contribution in [0.2, 0.25) is 0 Å². The highest BCUT2D eigenvalue weighted by atomic mass is 79.9. The molecule has 0 fully saturated rings. The Morgan fingerprint density at radius 2 is 1.97 bits per heavy atom. The first-order chi connectivity index (χ1) is 14.1. The van der Waals surface area contributed by atoms with Crippen molar-refractivity contribution in [2.24, 2.45) is 0 Å². The SMILES string of the molecule is O=C(CCn1cnc2ccc(Br)cc2c1=O)N[C@@H](c1ccccc1)c1cccs1. The molecule has 0 aliphatic heterocycles.